The molecule has 0 rings (SSSR count). The first-order valence-electron chi connectivity index (χ1n) is 2.97. The van der Waals surface area contributed by atoms with Gasteiger partial charge in [-0.25, -0.2) is 0 Å². The van der Waals surface area contributed by atoms with E-state index in [-0.39, 0.29) is 12.3 Å². The molecule has 0 aromatic rings. The quantitative estimate of drug-likeness (QED) is 0.214. The molecule has 0 spiro atoms. The van der Waals surface area contributed by atoms with Gasteiger partial charge in [0.05, 0.1) is 5.84 Å². The summed E-state index contributed by atoms with van der Waals surface area (Å²) in [6.07, 6.45) is -0.348. The van der Waals surface area contributed by atoms with E-state index in [0.717, 1.165) is 0 Å². The lowest BCUT2D eigenvalue weighted by Crippen LogP contribution is -2.51. The van der Waals surface area contributed by atoms with Crippen LogP contribution >= 0.6 is 11.6 Å². The van der Waals surface area contributed by atoms with Gasteiger partial charge in [-0.2, -0.15) is 0 Å². The number of nitrogens with two attached hydrogens (primary N) is 3. The van der Waals surface area contributed by atoms with Gasteiger partial charge in [0, 0.05) is 6.42 Å². The van der Waals surface area contributed by atoms with Crippen molar-refractivity contribution in [2.24, 2.45) is 17.2 Å². The van der Waals surface area contributed by atoms with Crippen molar-refractivity contribution in [3.63, 3.8) is 0 Å². The maximum Gasteiger partial charge on any atom is 0.246 e. The summed E-state index contributed by atoms with van der Waals surface area (Å²) < 4.78 is 0. The number of hydrogen-bond donors (Lipinski definition) is 5. The second-order valence-electron chi connectivity index (χ2n) is 2.28. The highest BCUT2D eigenvalue weighted by Gasteiger charge is 2.38. The second kappa shape index (κ2) is 3.40. The number of alkyl halides is 1. The molecule has 0 bridgehead atoms. The number of hydrogen-bond acceptors (Lipinski definition) is 3. The van der Waals surface area contributed by atoms with Gasteiger partial charge in [0.25, 0.3) is 0 Å². The van der Waals surface area contributed by atoms with Crippen LogP contribution in [-0.2, 0) is 4.79 Å². The fourth-order valence-corrected chi connectivity index (χ4v) is 0.721. The molecule has 0 fully saturated rings. The summed E-state index contributed by atoms with van der Waals surface area (Å²) in [5.74, 6) is -1.93. The van der Waals surface area contributed by atoms with Gasteiger partial charge in [-0.15, -0.1) is 0 Å². The normalized spacial score (nSPS) is 14.8. The second-order valence-corrected chi connectivity index (χ2v) is 2.93. The highest BCUT2D eigenvalue weighted by atomic mass is 35.5. The number of primary amides is 1. The molecule has 0 aliphatic carbocycles. The highest BCUT2D eigenvalue weighted by Crippen LogP contribution is 2.18. The number of nitrogens with one attached hydrogen (secondary N) is 2. The van der Waals surface area contributed by atoms with Crippen molar-refractivity contribution in [2.45, 2.75) is 11.3 Å². The average molecular weight is 192 g/mol. The summed E-state index contributed by atoms with van der Waals surface area (Å²) in [5.41, 5.74) is 14.9. The lowest BCUT2D eigenvalue weighted by Gasteiger charge is -2.20. The molecule has 0 saturated heterocycles. The van der Waals surface area contributed by atoms with Crippen molar-refractivity contribution in [1.29, 1.82) is 10.8 Å². The average Bonchev–Trinajstić information content (AvgIpc) is 1.84. The minimum absolute atomic E-state index is 0.348. The van der Waals surface area contributed by atoms with Crippen LogP contribution in [-0.4, -0.2) is 22.5 Å². The van der Waals surface area contributed by atoms with E-state index < -0.39 is 16.6 Å². The predicted molar refractivity (Wildman–Crippen MR) is 46.2 cm³/mol. The Labute approximate surface area is 74.1 Å². The Balaban J connectivity index is 4.75. The van der Waals surface area contributed by atoms with E-state index in [4.69, 9.17) is 39.6 Å². The molecule has 7 heteroatoms. The first-order valence-corrected chi connectivity index (χ1v) is 3.34. The van der Waals surface area contributed by atoms with E-state index >= 15 is 0 Å². The molecule has 0 heterocycles. The third-order valence-corrected chi connectivity index (χ3v) is 1.78. The Morgan fingerprint density at radius 1 is 1.33 bits per heavy atom. The van der Waals surface area contributed by atoms with E-state index in [1.165, 1.54) is 0 Å². The lowest BCUT2D eigenvalue weighted by molar-refractivity contribution is -0.118. The number of rotatable bonds is 4. The van der Waals surface area contributed by atoms with Gasteiger partial charge in [-0.1, -0.05) is 11.6 Å². The molecule has 0 radical (unpaired) electrons. The van der Waals surface area contributed by atoms with Gasteiger partial charge in [0.15, 0.2) is 4.87 Å². The zero-order chi connectivity index (χ0) is 9.94. The molecular weight excluding hydrogens is 182 g/mol. The Morgan fingerprint density at radius 2 is 1.75 bits per heavy atom. The summed E-state index contributed by atoms with van der Waals surface area (Å²) in [7, 11) is 0. The van der Waals surface area contributed by atoms with Gasteiger partial charge in [0.2, 0.25) is 5.91 Å². The molecular formula is C5H10ClN5O. The van der Waals surface area contributed by atoms with Gasteiger partial charge >= 0.3 is 0 Å². The molecule has 0 saturated carbocycles. The van der Waals surface area contributed by atoms with Crippen molar-refractivity contribution < 1.29 is 4.79 Å². The molecule has 12 heavy (non-hydrogen) atoms. The molecule has 1 atom stereocenters. The van der Waals surface area contributed by atoms with Gasteiger partial charge in [-0.3, -0.25) is 15.6 Å². The summed E-state index contributed by atoms with van der Waals surface area (Å²) in [6.45, 7) is 0. The molecule has 0 aromatic carbocycles. The van der Waals surface area contributed by atoms with Crippen LogP contribution in [0.25, 0.3) is 0 Å². The number of carbonyl (C=O) groups is 1. The van der Waals surface area contributed by atoms with E-state index in [2.05, 4.69) is 0 Å². The molecule has 0 aliphatic heterocycles. The van der Waals surface area contributed by atoms with E-state index in [1.807, 2.05) is 0 Å². The van der Waals surface area contributed by atoms with Crippen molar-refractivity contribution in [3.8, 4) is 0 Å². The lowest BCUT2D eigenvalue weighted by atomic mass is 10.0. The number of amides is 1. The largest absolute Gasteiger partial charge is 0.388 e. The van der Waals surface area contributed by atoms with Crippen LogP contribution in [0.3, 0.4) is 0 Å². The van der Waals surface area contributed by atoms with Crippen molar-refractivity contribution in [2.75, 3.05) is 0 Å². The minimum atomic E-state index is -1.86. The Morgan fingerprint density at radius 3 is 1.83 bits per heavy atom. The molecule has 0 aromatic heterocycles. The fourth-order valence-electron chi connectivity index (χ4n) is 0.578. The Bertz CT molecular complexity index is 224. The molecule has 6 nitrogen and oxygen atoms in total. The van der Waals surface area contributed by atoms with Crippen LogP contribution in [0.15, 0.2) is 0 Å². The van der Waals surface area contributed by atoms with Crippen LogP contribution in [0, 0.1) is 10.8 Å². The highest BCUT2D eigenvalue weighted by molar-refractivity contribution is 6.47. The van der Waals surface area contributed by atoms with E-state index in [1.54, 1.807) is 0 Å². The summed E-state index contributed by atoms with van der Waals surface area (Å²) in [5, 5.41) is 13.8. The van der Waals surface area contributed by atoms with Crippen LogP contribution < -0.4 is 17.2 Å². The zero-order valence-electron chi connectivity index (χ0n) is 6.23. The van der Waals surface area contributed by atoms with Crippen molar-refractivity contribution >= 4 is 29.2 Å². The van der Waals surface area contributed by atoms with Crippen LogP contribution in [0.4, 0.5) is 0 Å². The number of halogens is 1. The van der Waals surface area contributed by atoms with Gasteiger partial charge < -0.3 is 17.2 Å². The minimum Gasteiger partial charge on any atom is -0.388 e. The third-order valence-electron chi connectivity index (χ3n) is 1.25. The maximum absolute atomic E-state index is 10.7. The SMILES string of the molecule is N=C(N)CC(Cl)(C(=N)N)C(N)=O. The van der Waals surface area contributed by atoms with Crippen LogP contribution in [0.1, 0.15) is 6.42 Å². The Hall–Kier alpha value is -1.30. The molecule has 0 aliphatic rings. The standard InChI is InChI=1S/C5H10ClN5O/c6-5(3(9)10,4(11)12)1-2(7)8/h1H2,(H3,7,8)(H3,9,10)(H2,11,12). The third kappa shape index (κ3) is 2.09. The van der Waals surface area contributed by atoms with E-state index in [9.17, 15) is 4.79 Å². The predicted octanol–water partition coefficient (Wildman–Crippen LogP) is -1.29. The van der Waals surface area contributed by atoms with Crippen molar-refractivity contribution in [3.05, 3.63) is 0 Å². The summed E-state index contributed by atoms with van der Waals surface area (Å²) in [6, 6.07) is 0. The molecule has 1 unspecified atom stereocenters. The topological polar surface area (TPSA) is 143 Å². The van der Waals surface area contributed by atoms with E-state index in [0.29, 0.717) is 0 Å². The first-order chi connectivity index (χ1) is 5.30. The number of carbonyl (C=O) groups excluding carboxylic acids is 1. The monoisotopic (exact) mass is 191 g/mol. The summed E-state index contributed by atoms with van der Waals surface area (Å²) in [4.78, 5) is 8.86. The van der Waals surface area contributed by atoms with Crippen molar-refractivity contribution in [1.82, 2.24) is 0 Å². The first kappa shape index (κ1) is 10.7. The van der Waals surface area contributed by atoms with Crippen LogP contribution in [0.5, 0.6) is 0 Å². The summed E-state index contributed by atoms with van der Waals surface area (Å²) >= 11 is 5.56. The molecule has 8 N–H and O–H groups in total. The zero-order valence-corrected chi connectivity index (χ0v) is 6.98. The Kier molecular flexibility index (Phi) is 3.03. The van der Waals surface area contributed by atoms with Gasteiger partial charge in [-0.05, 0) is 0 Å². The fraction of sp³-hybridized carbons (Fsp3) is 0.400. The smallest absolute Gasteiger partial charge is 0.246 e. The number of amidine groups is 2. The molecule has 1 amide bonds. The van der Waals surface area contributed by atoms with Crippen LogP contribution in [0.2, 0.25) is 0 Å². The molecule has 68 valence electrons. The van der Waals surface area contributed by atoms with Gasteiger partial charge in [0.1, 0.15) is 5.84 Å². The maximum atomic E-state index is 10.7.